The van der Waals surface area contributed by atoms with Crippen LogP contribution in [0.2, 0.25) is 0 Å². The molecule has 0 bridgehead atoms. The molecule has 1 aliphatic heterocycles. The van der Waals surface area contributed by atoms with E-state index in [1.807, 2.05) is 27.3 Å². The summed E-state index contributed by atoms with van der Waals surface area (Å²) in [6.07, 6.45) is 0. The van der Waals surface area contributed by atoms with E-state index in [0.717, 1.165) is 0 Å². The molecule has 0 saturated carbocycles. The SMILES string of the molecule is CC(C)N[B]N1[B]N[B]N[B]1. The van der Waals surface area contributed by atoms with Gasteiger partial charge in [-0.05, 0) is 6.04 Å². The monoisotopic (exact) mass is 146 g/mol. The number of rotatable bonds is 3. The lowest BCUT2D eigenvalue weighted by atomic mass is 9.74. The van der Waals surface area contributed by atoms with E-state index in [1.165, 1.54) is 0 Å². The fraction of sp³-hybridized carbons (Fsp3) is 1.00. The zero-order valence-corrected chi connectivity index (χ0v) is 6.83. The highest BCUT2D eigenvalue weighted by Crippen LogP contribution is 1.78. The maximum Gasteiger partial charge on any atom is 0.287 e. The maximum absolute atomic E-state index is 3.16. The Kier molecular flexibility index (Phi) is 4.07. The Morgan fingerprint density at radius 1 is 1.36 bits per heavy atom. The molecule has 3 N–H and O–H groups in total. The summed E-state index contributed by atoms with van der Waals surface area (Å²) >= 11 is 0. The molecule has 0 atom stereocenters. The molecule has 0 aromatic rings. The quantitative estimate of drug-likeness (QED) is 0.388. The summed E-state index contributed by atoms with van der Waals surface area (Å²) in [7, 11) is 7.31. The number of nitrogens with one attached hydrogen (secondary N) is 3. The largest absolute Gasteiger partial charge is 0.398 e. The second-order valence-corrected chi connectivity index (χ2v) is 2.63. The minimum Gasteiger partial charge on any atom is -0.398 e. The van der Waals surface area contributed by atoms with Crippen molar-refractivity contribution in [2.75, 3.05) is 0 Å². The van der Waals surface area contributed by atoms with E-state index in [4.69, 9.17) is 0 Å². The van der Waals surface area contributed by atoms with Crippen LogP contribution in [0.25, 0.3) is 0 Å². The van der Waals surface area contributed by atoms with Gasteiger partial charge >= 0.3 is 0 Å². The molecule has 11 heavy (non-hydrogen) atoms. The van der Waals surface area contributed by atoms with Crippen LogP contribution in [0.1, 0.15) is 13.8 Å². The highest BCUT2D eigenvalue weighted by Gasteiger charge is 2.14. The molecule has 1 rings (SSSR count). The van der Waals surface area contributed by atoms with Gasteiger partial charge in [0.2, 0.25) is 0 Å². The van der Waals surface area contributed by atoms with E-state index in [2.05, 4.69) is 29.4 Å². The van der Waals surface area contributed by atoms with Crippen LogP contribution in [-0.2, 0) is 0 Å². The Morgan fingerprint density at radius 2 is 2.00 bits per heavy atom. The number of nitrogens with zero attached hydrogens (tertiary/aromatic N) is 1. The molecule has 1 heterocycles. The van der Waals surface area contributed by atoms with Crippen LogP contribution in [0.15, 0.2) is 0 Å². The van der Waals surface area contributed by atoms with E-state index in [-0.39, 0.29) is 0 Å². The zero-order valence-electron chi connectivity index (χ0n) is 6.83. The van der Waals surface area contributed by atoms with Crippen LogP contribution in [0.3, 0.4) is 0 Å². The third-order valence-electron chi connectivity index (χ3n) is 1.17. The van der Waals surface area contributed by atoms with E-state index >= 15 is 0 Å². The average Bonchev–Trinajstić information content (AvgIpc) is 2.03. The van der Waals surface area contributed by atoms with Crippen molar-refractivity contribution < 1.29 is 0 Å². The second-order valence-electron chi connectivity index (χ2n) is 2.63. The van der Waals surface area contributed by atoms with Crippen molar-refractivity contribution in [1.29, 1.82) is 0 Å². The summed E-state index contributed by atoms with van der Waals surface area (Å²) < 4.78 is 1.88. The normalized spacial score (nSPS) is 18.5. The molecule has 0 aromatic carbocycles. The topological polar surface area (TPSA) is 39.3 Å². The van der Waals surface area contributed by atoms with Gasteiger partial charge < -0.3 is 20.1 Å². The fourth-order valence-electron chi connectivity index (χ4n) is 0.642. The predicted octanol–water partition coefficient (Wildman–Crippen LogP) is -2.38. The van der Waals surface area contributed by atoms with Gasteiger partial charge in [0.05, 0.1) is 0 Å². The molecule has 4 radical (unpaired) electrons. The van der Waals surface area contributed by atoms with E-state index in [1.54, 1.807) is 7.55 Å². The summed E-state index contributed by atoms with van der Waals surface area (Å²) in [5, 5.41) is 9.00. The number of hydrogen-bond acceptors (Lipinski definition) is 4. The molecule has 0 amide bonds. The molecule has 0 unspecified atom stereocenters. The van der Waals surface area contributed by atoms with E-state index in [9.17, 15) is 0 Å². The van der Waals surface area contributed by atoms with Crippen molar-refractivity contribution in [2.24, 2.45) is 0 Å². The Labute approximate surface area is 71.0 Å². The molecular formula is C3H10B4N4. The summed E-state index contributed by atoms with van der Waals surface area (Å²) in [4.78, 5) is 0. The molecule has 0 aliphatic carbocycles. The molecule has 1 saturated heterocycles. The Morgan fingerprint density at radius 3 is 2.55 bits per heavy atom. The van der Waals surface area contributed by atoms with Gasteiger partial charge in [0.1, 0.15) is 0 Å². The van der Waals surface area contributed by atoms with Crippen molar-refractivity contribution >= 4 is 30.2 Å². The molecule has 0 spiro atoms. The van der Waals surface area contributed by atoms with E-state index < -0.39 is 0 Å². The van der Waals surface area contributed by atoms with Crippen molar-refractivity contribution in [2.45, 2.75) is 19.9 Å². The first-order valence-electron chi connectivity index (χ1n) is 3.66. The van der Waals surface area contributed by atoms with Crippen molar-refractivity contribution in [3.8, 4) is 0 Å². The van der Waals surface area contributed by atoms with Gasteiger partial charge in [-0.15, -0.1) is 0 Å². The first-order chi connectivity index (χ1) is 5.29. The van der Waals surface area contributed by atoms with Crippen LogP contribution in [0.5, 0.6) is 0 Å². The van der Waals surface area contributed by atoms with Crippen LogP contribution in [-0.4, -0.2) is 40.9 Å². The van der Waals surface area contributed by atoms with Crippen LogP contribution < -0.4 is 15.5 Å². The predicted molar refractivity (Wildman–Crippen MR) is 49.4 cm³/mol. The zero-order chi connectivity index (χ0) is 8.10. The average molecular weight is 145 g/mol. The lowest BCUT2D eigenvalue weighted by Gasteiger charge is -2.25. The van der Waals surface area contributed by atoms with E-state index in [0.29, 0.717) is 6.04 Å². The molecular weight excluding hydrogens is 135 g/mol. The lowest BCUT2D eigenvalue weighted by molar-refractivity contribution is 0.732. The fourth-order valence-corrected chi connectivity index (χ4v) is 0.642. The molecule has 4 nitrogen and oxygen atoms in total. The summed E-state index contributed by atoms with van der Waals surface area (Å²) in [5.41, 5.74) is 0. The Hall–Kier alpha value is 0.0997. The van der Waals surface area contributed by atoms with Gasteiger partial charge in [-0.2, -0.15) is 0 Å². The van der Waals surface area contributed by atoms with Gasteiger partial charge in [0.25, 0.3) is 30.2 Å². The van der Waals surface area contributed by atoms with Gasteiger partial charge in [0, 0.05) is 0 Å². The minimum absolute atomic E-state index is 0.461. The van der Waals surface area contributed by atoms with Crippen LogP contribution >= 0.6 is 0 Å². The molecule has 0 aromatic heterocycles. The molecule has 8 heteroatoms. The standard InChI is InChI=1S/C3H10B4N4/c1-3(2)8-5-11-6-9-4-10-7-11/h3,8-10H,1-2H3. The summed E-state index contributed by atoms with van der Waals surface area (Å²) in [5.74, 6) is 0. The molecule has 1 fully saturated rings. The third-order valence-corrected chi connectivity index (χ3v) is 1.17. The van der Waals surface area contributed by atoms with Crippen molar-refractivity contribution in [3.63, 3.8) is 0 Å². The lowest BCUT2D eigenvalue weighted by Crippen LogP contribution is -2.61. The van der Waals surface area contributed by atoms with Crippen LogP contribution in [0, 0.1) is 0 Å². The highest BCUT2D eigenvalue weighted by molar-refractivity contribution is 6.73. The van der Waals surface area contributed by atoms with Gasteiger partial charge in [-0.25, -0.2) is 0 Å². The van der Waals surface area contributed by atoms with Crippen molar-refractivity contribution in [3.05, 3.63) is 0 Å². The first-order valence-corrected chi connectivity index (χ1v) is 3.66. The molecule has 1 aliphatic rings. The van der Waals surface area contributed by atoms with Crippen molar-refractivity contribution in [1.82, 2.24) is 20.1 Å². The summed E-state index contributed by atoms with van der Waals surface area (Å²) in [6.45, 7) is 4.18. The first kappa shape index (κ1) is 9.19. The second kappa shape index (κ2) is 4.87. The Bertz CT molecular complexity index is 106. The van der Waals surface area contributed by atoms with Gasteiger partial charge in [-0.1, -0.05) is 13.8 Å². The number of hydrogen-bond donors (Lipinski definition) is 3. The van der Waals surface area contributed by atoms with Gasteiger partial charge in [0.15, 0.2) is 0 Å². The minimum atomic E-state index is 0.461. The Balaban J connectivity index is 2.05. The smallest absolute Gasteiger partial charge is 0.287 e. The van der Waals surface area contributed by atoms with Crippen LogP contribution in [0.4, 0.5) is 0 Å². The highest BCUT2D eigenvalue weighted by atomic mass is 15.1. The molecule has 54 valence electrons. The third kappa shape index (κ3) is 3.86. The van der Waals surface area contributed by atoms with Gasteiger partial charge in [-0.3, -0.25) is 0 Å². The maximum atomic E-state index is 3.16. The summed E-state index contributed by atoms with van der Waals surface area (Å²) in [6, 6.07) is 0.461.